The molecule has 0 saturated carbocycles. The highest BCUT2D eigenvalue weighted by Gasteiger charge is 2.01. The predicted molar refractivity (Wildman–Crippen MR) is 80.5 cm³/mol. The van der Waals surface area contributed by atoms with E-state index < -0.39 is 11.9 Å². The van der Waals surface area contributed by atoms with Gasteiger partial charge in [-0.25, -0.2) is 9.59 Å². The fourth-order valence-corrected chi connectivity index (χ4v) is 1.66. The Bertz CT molecular complexity index is 451. The minimum atomic E-state index is -0.554. The third kappa shape index (κ3) is 8.63. The zero-order chi connectivity index (χ0) is 15.3. The van der Waals surface area contributed by atoms with Crippen molar-refractivity contribution in [3.8, 4) is 0 Å². The summed E-state index contributed by atoms with van der Waals surface area (Å²) in [7, 11) is 0. The molecule has 0 aromatic heterocycles. The number of esters is 2. The minimum absolute atomic E-state index is 0.191. The van der Waals surface area contributed by atoms with E-state index in [1.807, 2.05) is 30.3 Å². The van der Waals surface area contributed by atoms with Crippen LogP contribution in [0.2, 0.25) is 0 Å². The van der Waals surface area contributed by atoms with Crippen LogP contribution in [0, 0.1) is 0 Å². The number of carbonyl (C=O) groups excluding carboxylic acids is 2. The Labute approximate surface area is 125 Å². The molecule has 0 fully saturated rings. The summed E-state index contributed by atoms with van der Waals surface area (Å²) in [6.45, 7) is 2.70. The maximum absolute atomic E-state index is 11.4. The maximum Gasteiger partial charge on any atom is 0.331 e. The second kappa shape index (κ2) is 10.7. The van der Waals surface area contributed by atoms with Crippen molar-refractivity contribution in [1.82, 2.24) is 0 Å². The van der Waals surface area contributed by atoms with E-state index in [1.54, 1.807) is 0 Å². The molecule has 0 atom stereocenters. The summed E-state index contributed by atoms with van der Waals surface area (Å²) >= 11 is 0. The van der Waals surface area contributed by atoms with Gasteiger partial charge in [-0.15, -0.1) is 0 Å². The van der Waals surface area contributed by atoms with E-state index in [4.69, 9.17) is 9.47 Å². The van der Waals surface area contributed by atoms with Gasteiger partial charge in [0.05, 0.1) is 6.61 Å². The van der Waals surface area contributed by atoms with Gasteiger partial charge in [0.25, 0.3) is 0 Å². The average molecular weight is 290 g/mol. The Morgan fingerprint density at radius 3 is 2.29 bits per heavy atom. The van der Waals surface area contributed by atoms with Crippen LogP contribution in [0.25, 0.3) is 0 Å². The number of hydrogen-bond acceptors (Lipinski definition) is 4. The van der Waals surface area contributed by atoms with Gasteiger partial charge in [0.2, 0.25) is 0 Å². The molecule has 0 unspecified atom stereocenters. The van der Waals surface area contributed by atoms with E-state index in [1.165, 1.54) is 0 Å². The van der Waals surface area contributed by atoms with Gasteiger partial charge in [0.15, 0.2) is 0 Å². The van der Waals surface area contributed by atoms with Gasteiger partial charge < -0.3 is 9.47 Å². The normalized spacial score (nSPS) is 10.5. The van der Waals surface area contributed by atoms with Crippen molar-refractivity contribution in [2.24, 2.45) is 0 Å². The first kappa shape index (κ1) is 17.0. The lowest BCUT2D eigenvalue weighted by Gasteiger charge is -2.02. The van der Waals surface area contributed by atoms with E-state index >= 15 is 0 Å². The fourth-order valence-electron chi connectivity index (χ4n) is 1.66. The summed E-state index contributed by atoms with van der Waals surface area (Å²) in [5.41, 5.74) is 0.901. The largest absolute Gasteiger partial charge is 0.463 e. The van der Waals surface area contributed by atoms with Gasteiger partial charge in [0, 0.05) is 12.2 Å². The van der Waals surface area contributed by atoms with Crippen molar-refractivity contribution in [2.45, 2.75) is 39.2 Å². The second-order valence-corrected chi connectivity index (χ2v) is 4.65. The fraction of sp³-hybridized carbons (Fsp3) is 0.412. The molecule has 114 valence electrons. The molecule has 0 heterocycles. The van der Waals surface area contributed by atoms with E-state index in [0.29, 0.717) is 6.61 Å². The van der Waals surface area contributed by atoms with Crippen LogP contribution in [0.5, 0.6) is 0 Å². The maximum atomic E-state index is 11.4. The summed E-state index contributed by atoms with van der Waals surface area (Å²) in [5, 5.41) is 0. The summed E-state index contributed by atoms with van der Waals surface area (Å²) in [6.07, 6.45) is 6.38. The van der Waals surface area contributed by atoms with Crippen molar-refractivity contribution in [3.63, 3.8) is 0 Å². The number of benzene rings is 1. The van der Waals surface area contributed by atoms with Crippen LogP contribution in [-0.2, 0) is 25.7 Å². The van der Waals surface area contributed by atoms with E-state index in [-0.39, 0.29) is 6.61 Å². The van der Waals surface area contributed by atoms with Gasteiger partial charge in [-0.1, -0.05) is 56.5 Å². The molecule has 0 aliphatic rings. The zero-order valence-electron chi connectivity index (χ0n) is 12.4. The molecule has 1 rings (SSSR count). The summed E-state index contributed by atoms with van der Waals surface area (Å²) < 4.78 is 9.97. The van der Waals surface area contributed by atoms with Crippen LogP contribution in [0.4, 0.5) is 0 Å². The molecule has 1 aromatic rings. The molecular formula is C17H22O4. The molecule has 0 aliphatic carbocycles. The van der Waals surface area contributed by atoms with Gasteiger partial charge in [0.1, 0.15) is 6.61 Å². The molecular weight excluding hydrogens is 268 g/mol. The minimum Gasteiger partial charge on any atom is -0.463 e. The van der Waals surface area contributed by atoms with Crippen LogP contribution in [0.3, 0.4) is 0 Å². The van der Waals surface area contributed by atoms with Gasteiger partial charge in [-0.3, -0.25) is 0 Å². The molecule has 1 aromatic carbocycles. The second-order valence-electron chi connectivity index (χ2n) is 4.65. The van der Waals surface area contributed by atoms with Crippen LogP contribution >= 0.6 is 0 Å². The monoisotopic (exact) mass is 290 g/mol. The standard InChI is InChI=1S/C17H22O4/c1-2-3-4-8-13-20-16(18)11-12-17(19)21-14-15-9-6-5-7-10-15/h5-7,9-12H,2-4,8,13-14H2,1H3/b12-11+. The molecule has 0 saturated heterocycles. The Morgan fingerprint density at radius 1 is 0.952 bits per heavy atom. The quantitative estimate of drug-likeness (QED) is 0.397. The van der Waals surface area contributed by atoms with Gasteiger partial charge in [-0.2, -0.15) is 0 Å². The highest BCUT2D eigenvalue weighted by atomic mass is 16.5. The zero-order valence-corrected chi connectivity index (χ0v) is 12.4. The number of carbonyl (C=O) groups is 2. The molecule has 4 nitrogen and oxygen atoms in total. The Balaban J connectivity index is 2.16. The lowest BCUT2D eigenvalue weighted by atomic mass is 10.2. The summed E-state index contributed by atoms with van der Waals surface area (Å²) in [5.74, 6) is -1.06. The van der Waals surface area contributed by atoms with E-state index in [9.17, 15) is 9.59 Å². The third-order valence-corrected chi connectivity index (χ3v) is 2.82. The Morgan fingerprint density at radius 2 is 1.62 bits per heavy atom. The third-order valence-electron chi connectivity index (χ3n) is 2.82. The van der Waals surface area contributed by atoms with Crippen LogP contribution < -0.4 is 0 Å². The van der Waals surface area contributed by atoms with Crippen LogP contribution in [-0.4, -0.2) is 18.5 Å². The van der Waals surface area contributed by atoms with Crippen molar-refractivity contribution < 1.29 is 19.1 Å². The number of unbranched alkanes of at least 4 members (excludes halogenated alkanes) is 3. The molecule has 21 heavy (non-hydrogen) atoms. The Kier molecular flexibility index (Phi) is 8.61. The van der Waals surface area contributed by atoms with Crippen molar-refractivity contribution >= 4 is 11.9 Å². The van der Waals surface area contributed by atoms with E-state index in [0.717, 1.165) is 43.4 Å². The first-order chi connectivity index (χ1) is 10.2. The first-order valence-corrected chi connectivity index (χ1v) is 7.28. The summed E-state index contributed by atoms with van der Waals surface area (Å²) in [4.78, 5) is 22.8. The van der Waals surface area contributed by atoms with E-state index in [2.05, 4.69) is 6.92 Å². The lowest BCUT2D eigenvalue weighted by Crippen LogP contribution is -2.05. The summed E-state index contributed by atoms with van der Waals surface area (Å²) in [6, 6.07) is 9.36. The SMILES string of the molecule is CCCCCCOC(=O)/C=C/C(=O)OCc1ccccc1. The van der Waals surface area contributed by atoms with Gasteiger partial charge in [-0.05, 0) is 12.0 Å². The molecule has 0 spiro atoms. The van der Waals surface area contributed by atoms with Crippen molar-refractivity contribution in [1.29, 1.82) is 0 Å². The molecule has 0 amide bonds. The van der Waals surface area contributed by atoms with Gasteiger partial charge >= 0.3 is 11.9 Å². The molecule has 0 aliphatic heterocycles. The van der Waals surface area contributed by atoms with Crippen molar-refractivity contribution in [2.75, 3.05) is 6.61 Å². The van der Waals surface area contributed by atoms with Crippen molar-refractivity contribution in [3.05, 3.63) is 48.0 Å². The lowest BCUT2D eigenvalue weighted by molar-refractivity contribution is -0.141. The van der Waals surface area contributed by atoms with Crippen LogP contribution in [0.1, 0.15) is 38.2 Å². The molecule has 0 N–H and O–H groups in total. The number of rotatable bonds is 9. The molecule has 4 heteroatoms. The first-order valence-electron chi connectivity index (χ1n) is 7.28. The number of hydrogen-bond donors (Lipinski definition) is 0. The highest BCUT2D eigenvalue weighted by molar-refractivity contribution is 5.91. The smallest absolute Gasteiger partial charge is 0.331 e. The van der Waals surface area contributed by atoms with Crippen LogP contribution in [0.15, 0.2) is 42.5 Å². The number of ether oxygens (including phenoxy) is 2. The highest BCUT2D eigenvalue weighted by Crippen LogP contribution is 2.01. The predicted octanol–water partition coefficient (Wildman–Crippen LogP) is 3.41. The molecule has 0 radical (unpaired) electrons. The average Bonchev–Trinajstić information content (AvgIpc) is 2.51. The Hall–Kier alpha value is -2.10. The topological polar surface area (TPSA) is 52.6 Å². The molecule has 0 bridgehead atoms.